The van der Waals surface area contributed by atoms with Crippen LogP contribution in [0.2, 0.25) is 0 Å². The van der Waals surface area contributed by atoms with E-state index in [0.29, 0.717) is 6.04 Å². The average Bonchev–Trinajstić information content (AvgIpc) is 2.92. The zero-order chi connectivity index (χ0) is 10.1. The molecule has 1 atom stereocenters. The molecule has 0 radical (unpaired) electrons. The Labute approximate surface area is 85.2 Å². The third-order valence-corrected chi connectivity index (χ3v) is 3.25. The van der Waals surface area contributed by atoms with Crippen LogP contribution in [0.1, 0.15) is 19.8 Å². The number of nitrogens with zero attached hydrogens (tertiary/aromatic N) is 2. The van der Waals surface area contributed by atoms with Crippen molar-refractivity contribution in [2.45, 2.75) is 31.8 Å². The monoisotopic (exact) mass is 197 g/mol. The molecule has 0 aromatic rings. The third-order valence-electron chi connectivity index (χ3n) is 3.25. The van der Waals surface area contributed by atoms with Crippen LogP contribution in [-0.2, 0) is 0 Å². The lowest BCUT2D eigenvalue weighted by Gasteiger charge is -2.28. The number of rotatable bonds is 4. The lowest BCUT2D eigenvalue weighted by Crippen LogP contribution is -2.42. The molecule has 1 aliphatic carbocycles. The van der Waals surface area contributed by atoms with Gasteiger partial charge in [0.15, 0.2) is 0 Å². The predicted octanol–water partition coefficient (Wildman–Crippen LogP) is 0.494. The Balaban J connectivity index is 1.80. The van der Waals surface area contributed by atoms with Gasteiger partial charge in [-0.1, -0.05) is 0 Å². The van der Waals surface area contributed by atoms with E-state index in [-0.39, 0.29) is 6.03 Å². The highest BCUT2D eigenvalue weighted by Gasteiger charge is 2.31. The Bertz CT molecular complexity index is 227. The van der Waals surface area contributed by atoms with Crippen LogP contribution in [0.3, 0.4) is 0 Å². The fourth-order valence-corrected chi connectivity index (χ4v) is 1.97. The van der Waals surface area contributed by atoms with E-state index >= 15 is 0 Å². The molecule has 2 rings (SSSR count). The number of carbonyl (C=O) groups is 1. The molecule has 0 spiro atoms. The summed E-state index contributed by atoms with van der Waals surface area (Å²) < 4.78 is 0. The zero-order valence-electron chi connectivity index (χ0n) is 8.99. The van der Waals surface area contributed by atoms with Crippen LogP contribution in [0.15, 0.2) is 0 Å². The molecule has 1 unspecified atom stereocenters. The smallest absolute Gasteiger partial charge is 0.317 e. The molecule has 1 saturated carbocycles. The second-order valence-electron chi connectivity index (χ2n) is 4.42. The predicted molar refractivity (Wildman–Crippen MR) is 55.2 cm³/mol. The lowest BCUT2D eigenvalue weighted by molar-refractivity contribution is 0.179. The molecule has 1 N–H and O–H groups in total. The molecular formula is C10H19N3O. The molecule has 80 valence electrons. The summed E-state index contributed by atoms with van der Waals surface area (Å²) in [6.07, 6.45) is 2.65. The molecule has 4 heteroatoms. The summed E-state index contributed by atoms with van der Waals surface area (Å²) in [7, 11) is 2.16. The minimum atomic E-state index is 0.0982. The molecule has 1 heterocycles. The Morgan fingerprint density at radius 1 is 1.64 bits per heavy atom. The minimum absolute atomic E-state index is 0.0982. The molecule has 14 heavy (non-hydrogen) atoms. The summed E-state index contributed by atoms with van der Waals surface area (Å²) in [6.45, 7) is 4.73. The summed E-state index contributed by atoms with van der Waals surface area (Å²) in [6, 6.07) is 1.35. The highest BCUT2D eigenvalue weighted by atomic mass is 16.2. The van der Waals surface area contributed by atoms with Crippen molar-refractivity contribution in [3.05, 3.63) is 0 Å². The van der Waals surface area contributed by atoms with Gasteiger partial charge in [0.25, 0.3) is 0 Å². The summed E-state index contributed by atoms with van der Waals surface area (Å²) in [5, 5.41) is 2.83. The molecule has 4 nitrogen and oxygen atoms in total. The van der Waals surface area contributed by atoms with Crippen LogP contribution < -0.4 is 5.32 Å². The molecule has 1 saturated heterocycles. The SMILES string of the molecule is CC(CN1CCNC1=O)N(C)C1CC1. The van der Waals surface area contributed by atoms with Gasteiger partial charge in [-0.25, -0.2) is 4.79 Å². The first-order valence-electron chi connectivity index (χ1n) is 5.43. The van der Waals surface area contributed by atoms with E-state index in [4.69, 9.17) is 0 Å². The lowest BCUT2D eigenvalue weighted by atomic mass is 10.2. The molecular weight excluding hydrogens is 178 g/mol. The number of hydrogen-bond acceptors (Lipinski definition) is 2. The topological polar surface area (TPSA) is 35.6 Å². The van der Waals surface area contributed by atoms with Crippen LogP contribution in [0.4, 0.5) is 4.79 Å². The number of likely N-dealkylation sites (N-methyl/N-ethyl adjacent to an activating group) is 1. The van der Waals surface area contributed by atoms with E-state index in [1.807, 2.05) is 4.90 Å². The van der Waals surface area contributed by atoms with E-state index in [1.54, 1.807) is 0 Å². The first-order valence-corrected chi connectivity index (χ1v) is 5.43. The minimum Gasteiger partial charge on any atom is -0.336 e. The second kappa shape index (κ2) is 3.77. The van der Waals surface area contributed by atoms with Crippen LogP contribution >= 0.6 is 0 Å². The Morgan fingerprint density at radius 3 is 2.86 bits per heavy atom. The normalized spacial score (nSPS) is 24.2. The van der Waals surface area contributed by atoms with E-state index in [0.717, 1.165) is 25.7 Å². The van der Waals surface area contributed by atoms with Gasteiger partial charge >= 0.3 is 6.03 Å². The Morgan fingerprint density at radius 2 is 2.36 bits per heavy atom. The molecule has 0 aromatic carbocycles. The Hall–Kier alpha value is -0.770. The summed E-state index contributed by atoms with van der Waals surface area (Å²) in [4.78, 5) is 15.6. The maximum Gasteiger partial charge on any atom is 0.317 e. The highest BCUT2D eigenvalue weighted by molar-refractivity contribution is 5.76. The zero-order valence-corrected chi connectivity index (χ0v) is 8.99. The van der Waals surface area contributed by atoms with Gasteiger partial charge in [-0.05, 0) is 26.8 Å². The maximum atomic E-state index is 11.3. The fraction of sp³-hybridized carbons (Fsp3) is 0.900. The maximum absolute atomic E-state index is 11.3. The van der Waals surface area contributed by atoms with Crippen molar-refractivity contribution in [2.75, 3.05) is 26.7 Å². The van der Waals surface area contributed by atoms with Gasteiger partial charge in [0.05, 0.1) is 0 Å². The van der Waals surface area contributed by atoms with Crippen molar-refractivity contribution in [1.29, 1.82) is 0 Å². The van der Waals surface area contributed by atoms with Crippen molar-refractivity contribution in [3.63, 3.8) is 0 Å². The van der Waals surface area contributed by atoms with Gasteiger partial charge in [0.1, 0.15) is 0 Å². The molecule has 1 aliphatic heterocycles. The third kappa shape index (κ3) is 2.00. The quantitative estimate of drug-likeness (QED) is 0.712. The van der Waals surface area contributed by atoms with Gasteiger partial charge in [-0.15, -0.1) is 0 Å². The standard InChI is InChI=1S/C10H19N3O/c1-8(12(2)9-3-4-9)7-13-6-5-11-10(13)14/h8-9H,3-7H2,1-2H3,(H,11,14). The molecule has 0 bridgehead atoms. The highest BCUT2D eigenvalue weighted by Crippen LogP contribution is 2.27. The van der Waals surface area contributed by atoms with Crippen LogP contribution in [0.25, 0.3) is 0 Å². The van der Waals surface area contributed by atoms with Gasteiger partial charge in [-0.3, -0.25) is 4.90 Å². The van der Waals surface area contributed by atoms with Gasteiger partial charge in [-0.2, -0.15) is 0 Å². The number of urea groups is 1. The van der Waals surface area contributed by atoms with E-state index in [9.17, 15) is 4.79 Å². The van der Waals surface area contributed by atoms with E-state index < -0.39 is 0 Å². The van der Waals surface area contributed by atoms with Crippen molar-refractivity contribution >= 4 is 6.03 Å². The first kappa shape index (κ1) is 9.77. The van der Waals surface area contributed by atoms with E-state index in [2.05, 4.69) is 24.2 Å². The van der Waals surface area contributed by atoms with Crippen LogP contribution in [-0.4, -0.2) is 54.6 Å². The fourth-order valence-electron chi connectivity index (χ4n) is 1.97. The molecule has 0 aromatic heterocycles. The summed E-state index contributed by atoms with van der Waals surface area (Å²) >= 11 is 0. The summed E-state index contributed by atoms with van der Waals surface area (Å²) in [5.41, 5.74) is 0. The van der Waals surface area contributed by atoms with Crippen LogP contribution in [0.5, 0.6) is 0 Å². The number of hydrogen-bond donors (Lipinski definition) is 1. The molecule has 2 amide bonds. The van der Waals surface area contributed by atoms with Crippen molar-refractivity contribution in [3.8, 4) is 0 Å². The molecule has 2 fully saturated rings. The first-order chi connectivity index (χ1) is 6.68. The average molecular weight is 197 g/mol. The van der Waals surface area contributed by atoms with Gasteiger partial charge in [0.2, 0.25) is 0 Å². The Kier molecular flexibility index (Phi) is 2.63. The van der Waals surface area contributed by atoms with Crippen LogP contribution in [0, 0.1) is 0 Å². The second-order valence-corrected chi connectivity index (χ2v) is 4.42. The van der Waals surface area contributed by atoms with Crippen molar-refractivity contribution in [2.24, 2.45) is 0 Å². The number of nitrogens with one attached hydrogen (secondary N) is 1. The van der Waals surface area contributed by atoms with Crippen molar-refractivity contribution < 1.29 is 4.79 Å². The van der Waals surface area contributed by atoms with Crippen molar-refractivity contribution in [1.82, 2.24) is 15.1 Å². The molecule has 2 aliphatic rings. The van der Waals surface area contributed by atoms with E-state index in [1.165, 1.54) is 12.8 Å². The van der Waals surface area contributed by atoms with Gasteiger partial charge in [0, 0.05) is 31.7 Å². The largest absolute Gasteiger partial charge is 0.336 e. The number of amides is 2. The van der Waals surface area contributed by atoms with Gasteiger partial charge < -0.3 is 10.2 Å². The number of carbonyl (C=O) groups excluding carboxylic acids is 1. The summed E-state index contributed by atoms with van der Waals surface area (Å²) in [5.74, 6) is 0.